The van der Waals surface area contributed by atoms with Gasteiger partial charge in [0.05, 0.1) is 6.61 Å². The maximum Gasteiger partial charge on any atom is 0.490 e. The summed E-state index contributed by atoms with van der Waals surface area (Å²) in [6, 6.07) is 1.29. The van der Waals surface area contributed by atoms with Crippen molar-refractivity contribution in [3.63, 3.8) is 0 Å². The fraction of sp³-hybridized carbons (Fsp3) is 0.600. The molecule has 1 fully saturated rings. The zero-order chi connectivity index (χ0) is 23.1. The number of nitrogens with zero attached hydrogens (tertiary/aromatic N) is 1. The summed E-state index contributed by atoms with van der Waals surface area (Å²) in [7, 11) is -16.8. The summed E-state index contributed by atoms with van der Waals surface area (Å²) >= 11 is 4.78. The second kappa shape index (κ2) is 8.73. The van der Waals surface area contributed by atoms with Crippen molar-refractivity contribution in [1.82, 2.24) is 9.55 Å². The lowest BCUT2D eigenvalue weighted by Gasteiger charge is -2.27. The van der Waals surface area contributed by atoms with E-state index in [0.717, 1.165) is 17.7 Å². The minimum atomic E-state index is -5.72. The molecule has 7 N–H and O–H groups in total. The molecule has 1 aromatic rings. The van der Waals surface area contributed by atoms with Crippen LogP contribution in [0.1, 0.15) is 13.2 Å². The molecule has 1 aromatic heterocycles. The van der Waals surface area contributed by atoms with Gasteiger partial charge in [-0.05, 0) is 13.0 Å². The van der Waals surface area contributed by atoms with Gasteiger partial charge in [-0.2, -0.15) is 8.62 Å². The molecule has 172 valence electrons. The first-order valence-corrected chi connectivity index (χ1v) is 12.5. The maximum absolute atomic E-state index is 12.0. The van der Waals surface area contributed by atoms with Crippen LogP contribution in [-0.4, -0.2) is 63.8 Å². The number of phosphoric acid groups is 3. The molecule has 20 heteroatoms. The second-order valence-corrected chi connectivity index (χ2v) is 11.0. The number of hydrogen-bond acceptors (Lipinski definition) is 11. The van der Waals surface area contributed by atoms with Crippen LogP contribution in [0, 0.1) is 4.64 Å². The van der Waals surface area contributed by atoms with Gasteiger partial charge in [0.15, 0.2) is 6.23 Å². The Morgan fingerprint density at radius 3 is 2.37 bits per heavy atom. The van der Waals surface area contributed by atoms with E-state index in [2.05, 4.69) is 18.1 Å². The number of phosphoric ester groups is 1. The highest BCUT2D eigenvalue weighted by Crippen LogP contribution is 2.66. The highest BCUT2D eigenvalue weighted by molar-refractivity contribution is 7.71. The Labute approximate surface area is 172 Å². The summed E-state index contributed by atoms with van der Waals surface area (Å²) in [6.45, 7) is 0.0797. The van der Waals surface area contributed by atoms with Crippen molar-refractivity contribution >= 4 is 35.7 Å². The Bertz CT molecular complexity index is 1050. The molecule has 1 saturated heterocycles. The number of ether oxygens (including phenoxy) is 1. The summed E-state index contributed by atoms with van der Waals surface area (Å²) in [5, 5.41) is 20.7. The van der Waals surface area contributed by atoms with Gasteiger partial charge in [-0.25, -0.2) is 18.5 Å². The van der Waals surface area contributed by atoms with Crippen molar-refractivity contribution in [2.45, 2.75) is 31.0 Å². The van der Waals surface area contributed by atoms with Crippen molar-refractivity contribution in [3.8, 4) is 0 Å². The molecule has 1 aliphatic heterocycles. The Kier molecular flexibility index (Phi) is 7.46. The molecular formula is C10H17N2O14P3S. The van der Waals surface area contributed by atoms with Crippen molar-refractivity contribution in [2.75, 3.05) is 6.61 Å². The largest absolute Gasteiger partial charge is 0.490 e. The molecule has 0 amide bonds. The molecule has 0 spiro atoms. The fourth-order valence-electron chi connectivity index (χ4n) is 2.46. The number of aliphatic hydroxyl groups is 2. The highest BCUT2D eigenvalue weighted by Gasteiger charge is 2.54. The van der Waals surface area contributed by atoms with E-state index < -0.39 is 59.8 Å². The van der Waals surface area contributed by atoms with E-state index in [4.69, 9.17) is 31.6 Å². The van der Waals surface area contributed by atoms with Gasteiger partial charge in [0.25, 0.3) is 0 Å². The van der Waals surface area contributed by atoms with Crippen LogP contribution >= 0.6 is 35.7 Å². The lowest BCUT2D eigenvalue weighted by Crippen LogP contribution is -2.46. The normalized spacial score (nSPS) is 31.2. The number of hydrogen-bond donors (Lipinski definition) is 7. The van der Waals surface area contributed by atoms with Crippen molar-refractivity contribution < 1.29 is 61.4 Å². The van der Waals surface area contributed by atoms with E-state index in [1.807, 2.05) is 0 Å². The first kappa shape index (κ1) is 25.6. The lowest BCUT2D eigenvalue weighted by atomic mass is 9.96. The number of aliphatic hydroxyl groups excluding tert-OH is 1. The summed E-state index contributed by atoms with van der Waals surface area (Å²) in [5.41, 5.74) is -2.90. The van der Waals surface area contributed by atoms with Crippen LogP contribution in [0.5, 0.6) is 0 Å². The summed E-state index contributed by atoms with van der Waals surface area (Å²) in [5.74, 6) is 0. The van der Waals surface area contributed by atoms with Gasteiger partial charge >= 0.3 is 29.2 Å². The maximum atomic E-state index is 12.0. The minimum absolute atomic E-state index is 0.0821. The second-order valence-electron chi connectivity index (χ2n) is 6.10. The third-order valence-corrected chi connectivity index (χ3v) is 7.72. The van der Waals surface area contributed by atoms with Gasteiger partial charge in [0.2, 0.25) is 0 Å². The zero-order valence-electron chi connectivity index (χ0n) is 14.7. The molecule has 2 rings (SSSR count). The van der Waals surface area contributed by atoms with E-state index in [-0.39, 0.29) is 4.64 Å². The lowest BCUT2D eigenvalue weighted by molar-refractivity contribution is -0.0986. The first-order chi connectivity index (χ1) is 13.4. The third kappa shape index (κ3) is 6.45. The quantitative estimate of drug-likeness (QED) is 0.167. The molecule has 0 aliphatic carbocycles. The average molecular weight is 514 g/mol. The Morgan fingerprint density at radius 2 is 1.83 bits per heavy atom. The highest BCUT2D eigenvalue weighted by atomic mass is 32.1. The van der Waals surface area contributed by atoms with Crippen LogP contribution < -0.4 is 5.69 Å². The van der Waals surface area contributed by atoms with E-state index in [1.54, 1.807) is 0 Å². The molecule has 3 unspecified atom stereocenters. The first-order valence-electron chi connectivity index (χ1n) is 7.59. The van der Waals surface area contributed by atoms with Crippen LogP contribution in [0.2, 0.25) is 0 Å². The molecule has 30 heavy (non-hydrogen) atoms. The van der Waals surface area contributed by atoms with Crippen molar-refractivity contribution in [1.29, 1.82) is 0 Å². The molecule has 0 aromatic carbocycles. The molecule has 0 bridgehead atoms. The smallest absolute Gasteiger partial charge is 0.387 e. The summed E-state index contributed by atoms with van der Waals surface area (Å²) < 4.78 is 51.4. The Hall–Kier alpha value is -0.610. The van der Waals surface area contributed by atoms with Crippen LogP contribution in [0.3, 0.4) is 0 Å². The Balaban J connectivity index is 2.13. The van der Waals surface area contributed by atoms with Crippen LogP contribution in [0.4, 0.5) is 0 Å². The number of rotatable bonds is 8. The van der Waals surface area contributed by atoms with Gasteiger partial charge < -0.3 is 34.5 Å². The number of aromatic nitrogens is 2. The number of aromatic amines is 1. The molecule has 0 radical (unpaired) electrons. The van der Waals surface area contributed by atoms with Gasteiger partial charge in [0, 0.05) is 6.20 Å². The predicted molar refractivity (Wildman–Crippen MR) is 96.2 cm³/mol. The van der Waals surface area contributed by atoms with Crippen molar-refractivity contribution in [2.24, 2.45) is 0 Å². The van der Waals surface area contributed by atoms with Crippen molar-refractivity contribution in [3.05, 3.63) is 27.4 Å². The summed E-state index contributed by atoms with van der Waals surface area (Å²) in [4.78, 5) is 49.8. The molecule has 0 saturated carbocycles. The minimum Gasteiger partial charge on any atom is -0.387 e. The SMILES string of the molecule is CC1(O)[C@@H](O)[C@@H](COP(=O)(O)OP(=O)(O)OP(=O)(O)O)O[C@H]1n1ccc(=S)[nH]c1=O. The standard InChI is InChI=1S/C10H17N2O14P3S/c1-10(15)7(13)5(24-8(10)12-3-2-6(30)11-9(12)14)4-23-28(19,20)26-29(21,22)25-27(16,17)18/h2-3,5,7-8,13,15H,4H2,1H3,(H,19,20)(H,21,22)(H,11,14,30)(H2,16,17,18)/t5-,7+,8-,10?/m1/s1. The molecule has 6 atom stereocenters. The number of nitrogens with one attached hydrogen (secondary N) is 1. The molecule has 1 aliphatic rings. The number of H-pyrrole nitrogens is 1. The molecular weight excluding hydrogens is 497 g/mol. The topological polar surface area (TPSA) is 247 Å². The average Bonchev–Trinajstić information content (AvgIpc) is 2.73. The predicted octanol–water partition coefficient (Wildman–Crippen LogP) is -0.742. The van der Waals surface area contributed by atoms with Crippen LogP contribution in [0.25, 0.3) is 0 Å². The van der Waals surface area contributed by atoms with E-state index in [0.29, 0.717) is 0 Å². The van der Waals surface area contributed by atoms with Gasteiger partial charge in [0.1, 0.15) is 22.4 Å². The van der Waals surface area contributed by atoms with Gasteiger partial charge in [-0.15, -0.1) is 0 Å². The van der Waals surface area contributed by atoms with Crippen LogP contribution in [0.15, 0.2) is 17.1 Å². The van der Waals surface area contributed by atoms with E-state index in [9.17, 15) is 33.6 Å². The summed E-state index contributed by atoms with van der Waals surface area (Å²) in [6.07, 6.45) is -3.67. The van der Waals surface area contributed by atoms with Crippen LogP contribution in [-0.2, 0) is 31.6 Å². The van der Waals surface area contributed by atoms with E-state index in [1.165, 1.54) is 6.07 Å². The zero-order valence-corrected chi connectivity index (χ0v) is 18.2. The monoisotopic (exact) mass is 514 g/mol. The Morgan fingerprint density at radius 1 is 1.23 bits per heavy atom. The third-order valence-electron chi connectivity index (χ3n) is 3.68. The van der Waals surface area contributed by atoms with Gasteiger partial charge in [-0.1, -0.05) is 12.2 Å². The molecule has 16 nitrogen and oxygen atoms in total. The van der Waals surface area contributed by atoms with Gasteiger partial charge in [-0.3, -0.25) is 14.1 Å². The molecule has 2 heterocycles. The fourth-order valence-corrected chi connectivity index (χ4v) is 5.64. The van der Waals surface area contributed by atoms with E-state index >= 15 is 0 Å².